The molecular formula is C22H17N3O2S3. The van der Waals surface area contributed by atoms with E-state index in [-0.39, 0.29) is 18.4 Å². The Balaban J connectivity index is 1.43. The zero-order valence-electron chi connectivity index (χ0n) is 16.0. The number of amides is 2. The van der Waals surface area contributed by atoms with E-state index in [1.807, 2.05) is 67.6 Å². The number of fused-ring (bicyclic) bond motifs is 1. The van der Waals surface area contributed by atoms with Crippen LogP contribution >= 0.6 is 35.3 Å². The van der Waals surface area contributed by atoms with Crippen LogP contribution < -0.4 is 5.32 Å². The maximum atomic E-state index is 12.8. The van der Waals surface area contributed by atoms with Gasteiger partial charge in [-0.25, -0.2) is 4.98 Å². The molecule has 3 aromatic rings. The highest BCUT2D eigenvalue weighted by Crippen LogP contribution is 2.32. The Morgan fingerprint density at radius 1 is 1.17 bits per heavy atom. The molecule has 1 N–H and O–H groups in total. The van der Waals surface area contributed by atoms with Gasteiger partial charge in [0.2, 0.25) is 5.91 Å². The van der Waals surface area contributed by atoms with E-state index in [0.717, 1.165) is 21.4 Å². The highest BCUT2D eigenvalue weighted by atomic mass is 32.2. The molecule has 0 radical (unpaired) electrons. The van der Waals surface area contributed by atoms with Crippen LogP contribution in [0.1, 0.15) is 12.5 Å². The maximum absolute atomic E-state index is 12.8. The van der Waals surface area contributed by atoms with Gasteiger partial charge < -0.3 is 5.32 Å². The van der Waals surface area contributed by atoms with Crippen molar-refractivity contribution in [3.63, 3.8) is 0 Å². The van der Waals surface area contributed by atoms with E-state index in [0.29, 0.717) is 14.4 Å². The number of anilines is 1. The Bertz CT molecular complexity index is 1170. The molecule has 2 heterocycles. The zero-order chi connectivity index (χ0) is 21.1. The molecular weight excluding hydrogens is 434 g/mol. The largest absolute Gasteiger partial charge is 0.300 e. The molecule has 0 bridgehead atoms. The van der Waals surface area contributed by atoms with Crippen LogP contribution in [0, 0.1) is 0 Å². The van der Waals surface area contributed by atoms with Gasteiger partial charge in [-0.1, -0.05) is 83.9 Å². The first-order chi connectivity index (χ1) is 14.5. The van der Waals surface area contributed by atoms with Gasteiger partial charge in [0, 0.05) is 0 Å². The average Bonchev–Trinajstić information content (AvgIpc) is 3.24. The van der Waals surface area contributed by atoms with Crippen molar-refractivity contribution in [1.82, 2.24) is 9.88 Å². The molecule has 0 unspecified atom stereocenters. The predicted molar refractivity (Wildman–Crippen MR) is 128 cm³/mol. The Hall–Kier alpha value is -2.81. The molecule has 30 heavy (non-hydrogen) atoms. The van der Waals surface area contributed by atoms with Crippen molar-refractivity contribution < 1.29 is 9.59 Å². The van der Waals surface area contributed by atoms with Gasteiger partial charge in [-0.3, -0.25) is 14.5 Å². The molecule has 1 aliphatic rings. The molecule has 0 aliphatic carbocycles. The molecule has 1 saturated heterocycles. The third-order valence-corrected chi connectivity index (χ3v) is 6.60. The van der Waals surface area contributed by atoms with E-state index in [2.05, 4.69) is 10.3 Å². The summed E-state index contributed by atoms with van der Waals surface area (Å²) < 4.78 is 1.36. The first-order valence-corrected chi connectivity index (χ1v) is 11.2. The molecule has 1 aromatic heterocycles. The van der Waals surface area contributed by atoms with Crippen molar-refractivity contribution in [3.05, 3.63) is 76.7 Å². The minimum atomic E-state index is -0.330. The SMILES string of the molecule is CC(=Cc1ccccc1)C=C1SC(=S)N(CC(=O)Nc2nc3ccccc3s2)C1=O. The Morgan fingerprint density at radius 3 is 2.67 bits per heavy atom. The monoisotopic (exact) mass is 451 g/mol. The van der Waals surface area contributed by atoms with Gasteiger partial charge in [-0.2, -0.15) is 0 Å². The lowest BCUT2D eigenvalue weighted by atomic mass is 10.1. The number of para-hydroxylation sites is 1. The number of allylic oxidation sites excluding steroid dienone is 2. The first kappa shape index (κ1) is 20.5. The summed E-state index contributed by atoms with van der Waals surface area (Å²) in [6, 6.07) is 17.5. The fourth-order valence-electron chi connectivity index (χ4n) is 2.92. The summed E-state index contributed by atoms with van der Waals surface area (Å²) in [6.45, 7) is 1.79. The summed E-state index contributed by atoms with van der Waals surface area (Å²) in [5, 5.41) is 3.27. The Labute approximate surface area is 187 Å². The van der Waals surface area contributed by atoms with E-state index in [1.54, 1.807) is 6.08 Å². The molecule has 5 nitrogen and oxygen atoms in total. The van der Waals surface area contributed by atoms with Crippen LogP contribution in [0.3, 0.4) is 0 Å². The third-order valence-electron chi connectivity index (χ3n) is 4.27. The highest BCUT2D eigenvalue weighted by molar-refractivity contribution is 8.26. The topological polar surface area (TPSA) is 62.3 Å². The maximum Gasteiger partial charge on any atom is 0.266 e. The molecule has 1 fully saturated rings. The summed E-state index contributed by atoms with van der Waals surface area (Å²) >= 11 is 7.93. The number of carbonyl (C=O) groups excluding carboxylic acids is 2. The molecule has 0 saturated carbocycles. The summed E-state index contributed by atoms with van der Waals surface area (Å²) in [5.74, 6) is -0.589. The standard InChI is InChI=1S/C22H17N3O2S3/c1-14(11-15-7-3-2-4-8-15)12-18-20(27)25(22(28)30-18)13-19(26)24-21-23-16-9-5-6-10-17(16)29-21/h2-12H,13H2,1H3,(H,23,24,26). The van der Waals surface area contributed by atoms with Crippen LogP contribution in [-0.2, 0) is 9.59 Å². The second kappa shape index (κ2) is 8.91. The van der Waals surface area contributed by atoms with E-state index < -0.39 is 0 Å². The molecule has 150 valence electrons. The molecule has 1 aliphatic heterocycles. The normalized spacial score (nSPS) is 16.0. The summed E-state index contributed by atoms with van der Waals surface area (Å²) in [7, 11) is 0. The molecule has 2 aromatic carbocycles. The van der Waals surface area contributed by atoms with Crippen molar-refractivity contribution in [2.45, 2.75) is 6.92 Å². The van der Waals surface area contributed by atoms with E-state index in [1.165, 1.54) is 28.0 Å². The van der Waals surface area contributed by atoms with Crippen LogP contribution in [0.4, 0.5) is 5.13 Å². The highest BCUT2D eigenvalue weighted by Gasteiger charge is 2.33. The average molecular weight is 452 g/mol. The number of thiazole rings is 1. The minimum absolute atomic E-state index is 0.140. The minimum Gasteiger partial charge on any atom is -0.300 e. The zero-order valence-corrected chi connectivity index (χ0v) is 18.4. The summed E-state index contributed by atoms with van der Waals surface area (Å²) in [6.07, 6.45) is 3.80. The summed E-state index contributed by atoms with van der Waals surface area (Å²) in [5.41, 5.74) is 2.81. The van der Waals surface area contributed by atoms with E-state index in [4.69, 9.17) is 12.2 Å². The number of thiocarbonyl (C=S) groups is 1. The van der Waals surface area contributed by atoms with Crippen LogP contribution in [0.2, 0.25) is 0 Å². The van der Waals surface area contributed by atoms with E-state index >= 15 is 0 Å². The van der Waals surface area contributed by atoms with Crippen molar-refractivity contribution >= 4 is 72.9 Å². The summed E-state index contributed by atoms with van der Waals surface area (Å²) in [4.78, 5) is 31.5. The van der Waals surface area contributed by atoms with Crippen molar-refractivity contribution in [2.24, 2.45) is 0 Å². The third kappa shape index (κ3) is 4.67. The number of aromatic nitrogens is 1. The van der Waals surface area contributed by atoms with Gasteiger partial charge in [0.1, 0.15) is 10.9 Å². The smallest absolute Gasteiger partial charge is 0.266 e. The van der Waals surface area contributed by atoms with Gasteiger partial charge in [0.05, 0.1) is 15.1 Å². The number of nitrogens with zero attached hydrogens (tertiary/aromatic N) is 2. The molecule has 0 atom stereocenters. The Kier molecular flexibility index (Phi) is 6.08. The van der Waals surface area contributed by atoms with Gasteiger partial charge in [-0.15, -0.1) is 0 Å². The first-order valence-electron chi connectivity index (χ1n) is 9.14. The van der Waals surface area contributed by atoms with Gasteiger partial charge in [0.25, 0.3) is 5.91 Å². The predicted octanol–water partition coefficient (Wildman–Crippen LogP) is 5.08. The number of carbonyl (C=O) groups is 2. The molecule has 4 rings (SSSR count). The Morgan fingerprint density at radius 2 is 1.90 bits per heavy atom. The second-order valence-corrected chi connectivity index (χ2v) is 9.31. The van der Waals surface area contributed by atoms with Gasteiger partial charge in [-0.05, 0) is 36.3 Å². The number of thioether (sulfide) groups is 1. The van der Waals surface area contributed by atoms with Crippen molar-refractivity contribution in [3.8, 4) is 0 Å². The lowest BCUT2D eigenvalue weighted by Crippen LogP contribution is -2.36. The van der Waals surface area contributed by atoms with Gasteiger partial charge >= 0.3 is 0 Å². The number of nitrogens with one attached hydrogen (secondary N) is 1. The van der Waals surface area contributed by atoms with Gasteiger partial charge in [0.15, 0.2) is 5.13 Å². The molecule has 0 spiro atoms. The number of rotatable bonds is 5. The number of hydrogen-bond acceptors (Lipinski definition) is 6. The quantitative estimate of drug-likeness (QED) is 0.433. The molecule has 2 amide bonds. The lowest BCUT2D eigenvalue weighted by molar-refractivity contribution is -0.126. The van der Waals surface area contributed by atoms with Crippen LogP contribution in [-0.4, -0.2) is 32.6 Å². The van der Waals surface area contributed by atoms with Crippen LogP contribution in [0.5, 0.6) is 0 Å². The van der Waals surface area contributed by atoms with Crippen molar-refractivity contribution in [1.29, 1.82) is 0 Å². The molecule has 8 heteroatoms. The van der Waals surface area contributed by atoms with Crippen LogP contribution in [0.15, 0.2) is 71.2 Å². The fourth-order valence-corrected chi connectivity index (χ4v) is 5.11. The van der Waals surface area contributed by atoms with Crippen LogP contribution in [0.25, 0.3) is 16.3 Å². The van der Waals surface area contributed by atoms with E-state index in [9.17, 15) is 9.59 Å². The van der Waals surface area contributed by atoms with Crippen molar-refractivity contribution in [2.75, 3.05) is 11.9 Å². The fraction of sp³-hybridized carbons (Fsp3) is 0.0909. The second-order valence-electron chi connectivity index (χ2n) is 6.60. The lowest BCUT2D eigenvalue weighted by Gasteiger charge is -2.13. The number of hydrogen-bond donors (Lipinski definition) is 1. The number of benzene rings is 2.